The van der Waals surface area contributed by atoms with E-state index in [2.05, 4.69) is 42.0 Å². The highest BCUT2D eigenvalue weighted by molar-refractivity contribution is 9.10. The molecule has 0 bridgehead atoms. The second-order valence-corrected chi connectivity index (χ2v) is 5.93. The van der Waals surface area contributed by atoms with Crippen molar-refractivity contribution in [2.45, 2.75) is 39.2 Å². The summed E-state index contributed by atoms with van der Waals surface area (Å²) in [5.74, 6) is -0.120. The number of halogens is 2. The Morgan fingerprint density at radius 3 is 2.56 bits per heavy atom. The summed E-state index contributed by atoms with van der Waals surface area (Å²) in [5.41, 5.74) is 0.928. The molecule has 0 unspecified atom stereocenters. The second kappa shape index (κ2) is 5.78. The summed E-state index contributed by atoms with van der Waals surface area (Å²) in [6.45, 7) is 7.31. The van der Waals surface area contributed by atoms with Gasteiger partial charge in [-0.05, 0) is 57.9 Å². The number of hydrogen-bond donors (Lipinski definition) is 1. The molecule has 0 saturated heterocycles. The molecule has 0 radical (unpaired) electrons. The maximum atomic E-state index is 13.5. The Balaban J connectivity index is 2.38. The third kappa shape index (κ3) is 5.08. The minimum atomic E-state index is -0.120. The van der Waals surface area contributed by atoms with Gasteiger partial charge in [0.1, 0.15) is 5.82 Å². The van der Waals surface area contributed by atoms with E-state index in [0.717, 1.165) is 29.4 Å². The van der Waals surface area contributed by atoms with Gasteiger partial charge in [-0.1, -0.05) is 22.0 Å². The van der Waals surface area contributed by atoms with Crippen molar-refractivity contribution >= 4 is 15.9 Å². The highest BCUT2D eigenvalue weighted by Crippen LogP contribution is 2.16. The largest absolute Gasteiger partial charge is 0.312 e. The summed E-state index contributed by atoms with van der Waals surface area (Å²) in [5, 5.41) is 3.39. The van der Waals surface area contributed by atoms with Crippen LogP contribution in [0.1, 0.15) is 32.8 Å². The van der Waals surface area contributed by atoms with Crippen LogP contribution in [0.3, 0.4) is 0 Å². The summed E-state index contributed by atoms with van der Waals surface area (Å²) < 4.78 is 14.3. The third-order valence-electron chi connectivity index (χ3n) is 2.29. The van der Waals surface area contributed by atoms with Gasteiger partial charge in [0.15, 0.2) is 0 Å². The summed E-state index contributed by atoms with van der Waals surface area (Å²) >= 11 is 3.25. The molecule has 1 nitrogen and oxygen atoms in total. The van der Waals surface area contributed by atoms with Gasteiger partial charge in [0, 0.05) is 10.0 Å². The summed E-state index contributed by atoms with van der Waals surface area (Å²) in [4.78, 5) is 0. The average molecular weight is 288 g/mol. The molecule has 0 heterocycles. The maximum Gasteiger partial charge on any atom is 0.127 e. The topological polar surface area (TPSA) is 12.0 Å². The van der Waals surface area contributed by atoms with Crippen LogP contribution in [-0.2, 0) is 6.42 Å². The van der Waals surface area contributed by atoms with Crippen molar-refractivity contribution in [3.8, 4) is 0 Å². The lowest BCUT2D eigenvalue weighted by atomic mass is 10.1. The van der Waals surface area contributed by atoms with E-state index in [1.54, 1.807) is 0 Å². The molecule has 1 aromatic carbocycles. The van der Waals surface area contributed by atoms with Crippen LogP contribution in [0, 0.1) is 5.82 Å². The number of hydrogen-bond acceptors (Lipinski definition) is 1. The van der Waals surface area contributed by atoms with Gasteiger partial charge in [0.2, 0.25) is 0 Å². The van der Waals surface area contributed by atoms with Crippen LogP contribution in [0.15, 0.2) is 22.7 Å². The summed E-state index contributed by atoms with van der Waals surface area (Å²) in [6.07, 6.45) is 1.73. The van der Waals surface area contributed by atoms with Gasteiger partial charge in [-0.25, -0.2) is 4.39 Å². The Kier molecular flexibility index (Phi) is 4.93. The van der Waals surface area contributed by atoms with E-state index in [-0.39, 0.29) is 11.4 Å². The first-order valence-corrected chi connectivity index (χ1v) is 6.37. The predicted molar refractivity (Wildman–Crippen MR) is 70.2 cm³/mol. The first kappa shape index (κ1) is 13.7. The van der Waals surface area contributed by atoms with Gasteiger partial charge in [0.25, 0.3) is 0 Å². The van der Waals surface area contributed by atoms with Crippen LogP contribution in [0.5, 0.6) is 0 Å². The lowest BCUT2D eigenvalue weighted by Gasteiger charge is -2.20. The van der Waals surface area contributed by atoms with Crippen molar-refractivity contribution < 1.29 is 4.39 Å². The second-order valence-electron chi connectivity index (χ2n) is 5.02. The van der Waals surface area contributed by atoms with Crippen LogP contribution < -0.4 is 5.32 Å². The molecule has 0 aromatic heterocycles. The Labute approximate surface area is 106 Å². The van der Waals surface area contributed by atoms with Gasteiger partial charge in [0.05, 0.1) is 0 Å². The molecule has 0 aliphatic rings. The van der Waals surface area contributed by atoms with Crippen molar-refractivity contribution in [1.82, 2.24) is 5.32 Å². The summed E-state index contributed by atoms with van der Waals surface area (Å²) in [6, 6.07) is 5.25. The molecule has 1 N–H and O–H groups in total. The van der Waals surface area contributed by atoms with Gasteiger partial charge >= 0.3 is 0 Å². The molecule has 0 saturated carbocycles. The lowest BCUT2D eigenvalue weighted by Crippen LogP contribution is -2.36. The highest BCUT2D eigenvalue weighted by atomic mass is 79.9. The van der Waals surface area contributed by atoms with Gasteiger partial charge in [-0.3, -0.25) is 0 Å². The van der Waals surface area contributed by atoms with E-state index in [0.29, 0.717) is 0 Å². The molecular formula is C13H19BrFN. The zero-order valence-corrected chi connectivity index (χ0v) is 11.7. The average Bonchev–Trinajstić information content (AvgIpc) is 2.13. The molecule has 0 atom stereocenters. The van der Waals surface area contributed by atoms with E-state index in [1.165, 1.54) is 6.07 Å². The molecule has 0 amide bonds. The highest BCUT2D eigenvalue weighted by Gasteiger charge is 2.08. The van der Waals surface area contributed by atoms with Gasteiger partial charge in [-0.15, -0.1) is 0 Å². The van der Waals surface area contributed by atoms with Crippen LogP contribution in [0.4, 0.5) is 4.39 Å². The number of aryl methyl sites for hydroxylation is 1. The van der Waals surface area contributed by atoms with Crippen molar-refractivity contribution in [2.75, 3.05) is 6.54 Å². The van der Waals surface area contributed by atoms with Crippen molar-refractivity contribution in [3.63, 3.8) is 0 Å². The molecule has 3 heteroatoms. The molecule has 1 aromatic rings. The van der Waals surface area contributed by atoms with Crippen molar-refractivity contribution in [2.24, 2.45) is 0 Å². The van der Waals surface area contributed by atoms with E-state index in [9.17, 15) is 4.39 Å². The van der Waals surface area contributed by atoms with Crippen LogP contribution in [0.2, 0.25) is 0 Å². The first-order chi connectivity index (χ1) is 7.38. The molecule has 90 valence electrons. The molecule has 0 aliphatic heterocycles. The van der Waals surface area contributed by atoms with Crippen LogP contribution in [0.25, 0.3) is 0 Å². The fourth-order valence-electron chi connectivity index (χ4n) is 1.47. The van der Waals surface area contributed by atoms with E-state index in [1.807, 2.05) is 12.1 Å². The van der Waals surface area contributed by atoms with Crippen molar-refractivity contribution in [3.05, 3.63) is 34.1 Å². The van der Waals surface area contributed by atoms with E-state index >= 15 is 0 Å². The molecule has 16 heavy (non-hydrogen) atoms. The maximum absolute atomic E-state index is 13.5. The quantitative estimate of drug-likeness (QED) is 0.828. The molecule has 0 aliphatic carbocycles. The number of nitrogens with one attached hydrogen (secondary N) is 1. The molecular weight excluding hydrogens is 269 g/mol. The monoisotopic (exact) mass is 287 g/mol. The standard InChI is InChI=1S/C13H19BrFN/c1-13(2,3)16-8-4-5-10-6-7-11(14)9-12(10)15/h6-7,9,16H,4-5,8H2,1-3H3. The zero-order chi connectivity index (χ0) is 12.2. The minimum Gasteiger partial charge on any atom is -0.312 e. The lowest BCUT2D eigenvalue weighted by molar-refractivity contribution is 0.421. The zero-order valence-electron chi connectivity index (χ0n) is 10.1. The Hall–Kier alpha value is -0.410. The van der Waals surface area contributed by atoms with E-state index < -0.39 is 0 Å². The fourth-order valence-corrected chi connectivity index (χ4v) is 1.80. The smallest absolute Gasteiger partial charge is 0.127 e. The fraction of sp³-hybridized carbons (Fsp3) is 0.538. The number of benzene rings is 1. The number of rotatable bonds is 4. The van der Waals surface area contributed by atoms with E-state index in [4.69, 9.17) is 0 Å². The molecule has 0 spiro atoms. The Morgan fingerprint density at radius 1 is 1.31 bits per heavy atom. The Bertz CT molecular complexity index is 344. The first-order valence-electron chi connectivity index (χ1n) is 5.57. The molecule has 1 rings (SSSR count). The SMILES string of the molecule is CC(C)(C)NCCCc1ccc(Br)cc1F. The van der Waals surface area contributed by atoms with Gasteiger partial charge in [-0.2, -0.15) is 0 Å². The normalized spacial score (nSPS) is 11.8. The molecule has 0 fully saturated rings. The third-order valence-corrected chi connectivity index (χ3v) is 2.79. The minimum absolute atomic E-state index is 0.120. The summed E-state index contributed by atoms with van der Waals surface area (Å²) in [7, 11) is 0. The van der Waals surface area contributed by atoms with Crippen LogP contribution >= 0.6 is 15.9 Å². The predicted octanol–water partition coefficient (Wildman–Crippen LogP) is 3.91. The van der Waals surface area contributed by atoms with Gasteiger partial charge < -0.3 is 5.32 Å². The Morgan fingerprint density at radius 2 is 2.00 bits per heavy atom. The van der Waals surface area contributed by atoms with Crippen molar-refractivity contribution in [1.29, 1.82) is 0 Å². The van der Waals surface area contributed by atoms with Crippen LogP contribution in [-0.4, -0.2) is 12.1 Å².